The zero-order valence-corrected chi connectivity index (χ0v) is 15.4. The molecule has 3 N–H and O–H groups in total. The van der Waals surface area contributed by atoms with E-state index >= 15 is 0 Å². The number of nitrogens with two attached hydrogens (primary N) is 1. The van der Waals surface area contributed by atoms with Crippen LogP contribution in [0.5, 0.6) is 5.75 Å². The highest BCUT2D eigenvalue weighted by Gasteiger charge is 2.62. The fourth-order valence-electron chi connectivity index (χ4n) is 2.81. The fraction of sp³-hybridized carbons (Fsp3) is 0.562. The van der Waals surface area contributed by atoms with Crippen LogP contribution in [0.25, 0.3) is 0 Å². The van der Waals surface area contributed by atoms with E-state index < -0.39 is 11.0 Å². The van der Waals surface area contributed by atoms with Gasteiger partial charge in [0.2, 0.25) is 5.91 Å². The summed E-state index contributed by atoms with van der Waals surface area (Å²) in [5, 5.41) is 3.27. The van der Waals surface area contributed by atoms with Crippen molar-refractivity contribution < 1.29 is 14.3 Å². The summed E-state index contributed by atoms with van der Waals surface area (Å²) >= 11 is 6.07. The van der Waals surface area contributed by atoms with E-state index in [1.807, 2.05) is 20.8 Å². The first-order valence-electron chi connectivity index (χ1n) is 7.31. The van der Waals surface area contributed by atoms with Crippen LogP contribution in [0.3, 0.4) is 0 Å². The van der Waals surface area contributed by atoms with Crippen molar-refractivity contribution in [3.05, 3.63) is 23.2 Å². The Bertz CT molecular complexity index is 580. The van der Waals surface area contributed by atoms with Crippen LogP contribution in [0.2, 0.25) is 5.02 Å². The third-order valence-electron chi connectivity index (χ3n) is 4.64. The number of anilines is 1. The second-order valence-electron chi connectivity index (χ2n) is 6.14. The number of rotatable bonds is 5. The molecule has 1 aliphatic rings. The molecule has 5 nitrogen and oxygen atoms in total. The molecule has 0 aliphatic heterocycles. The number of hydrogen-bond donors (Lipinski definition) is 2. The minimum absolute atomic E-state index is 0. The molecule has 1 aliphatic carbocycles. The highest BCUT2D eigenvalue weighted by atomic mass is 35.5. The lowest BCUT2D eigenvalue weighted by molar-refractivity contribution is -0.166. The Morgan fingerprint density at radius 1 is 1.48 bits per heavy atom. The Balaban J connectivity index is 0.00000264. The smallest absolute Gasteiger partial charge is 0.245 e. The van der Waals surface area contributed by atoms with E-state index in [0.29, 0.717) is 29.5 Å². The molecular weight excluding hydrogens is 339 g/mol. The summed E-state index contributed by atoms with van der Waals surface area (Å²) in [5.41, 5.74) is 5.54. The predicted molar refractivity (Wildman–Crippen MR) is 94.6 cm³/mol. The van der Waals surface area contributed by atoms with Gasteiger partial charge in [0.15, 0.2) is 0 Å². The predicted octanol–water partition coefficient (Wildman–Crippen LogP) is 3.24. The van der Waals surface area contributed by atoms with E-state index in [1.165, 1.54) is 0 Å². The van der Waals surface area contributed by atoms with Gasteiger partial charge in [-0.2, -0.15) is 0 Å². The lowest BCUT2D eigenvalue weighted by Gasteiger charge is -2.57. The Morgan fingerprint density at radius 2 is 2.13 bits per heavy atom. The molecule has 130 valence electrons. The van der Waals surface area contributed by atoms with Crippen molar-refractivity contribution in [1.29, 1.82) is 0 Å². The molecule has 0 heterocycles. The molecule has 23 heavy (non-hydrogen) atoms. The summed E-state index contributed by atoms with van der Waals surface area (Å²) < 4.78 is 10.7. The molecule has 2 atom stereocenters. The quantitative estimate of drug-likeness (QED) is 0.842. The zero-order chi connectivity index (χ0) is 16.5. The van der Waals surface area contributed by atoms with Crippen molar-refractivity contribution in [2.45, 2.75) is 38.8 Å². The van der Waals surface area contributed by atoms with Crippen LogP contribution >= 0.6 is 24.0 Å². The molecule has 2 unspecified atom stereocenters. The molecule has 0 saturated heterocycles. The number of ether oxygens (including phenoxy) is 2. The average molecular weight is 363 g/mol. The van der Waals surface area contributed by atoms with E-state index in [-0.39, 0.29) is 24.4 Å². The number of benzene rings is 1. The van der Waals surface area contributed by atoms with Crippen molar-refractivity contribution in [2.24, 2.45) is 11.1 Å². The fourth-order valence-corrected chi connectivity index (χ4v) is 3.07. The number of carbonyl (C=O) groups is 1. The lowest BCUT2D eigenvalue weighted by atomic mass is 9.54. The van der Waals surface area contributed by atoms with E-state index in [9.17, 15) is 4.79 Å². The van der Waals surface area contributed by atoms with Crippen molar-refractivity contribution in [1.82, 2.24) is 0 Å². The van der Waals surface area contributed by atoms with E-state index in [4.69, 9.17) is 26.8 Å². The first-order chi connectivity index (χ1) is 10.3. The van der Waals surface area contributed by atoms with Crippen LogP contribution in [-0.2, 0) is 9.53 Å². The van der Waals surface area contributed by atoms with Gasteiger partial charge in [-0.3, -0.25) is 4.79 Å². The second kappa shape index (κ2) is 7.26. The SMILES string of the molecule is CCOC1CC(N)(C(=O)Nc2ccc(OC)c(Cl)c2)C1(C)C.Cl. The van der Waals surface area contributed by atoms with E-state index in [2.05, 4.69) is 5.32 Å². The summed E-state index contributed by atoms with van der Waals surface area (Å²) in [5.74, 6) is 0.331. The summed E-state index contributed by atoms with van der Waals surface area (Å²) in [4.78, 5) is 12.6. The monoisotopic (exact) mass is 362 g/mol. The van der Waals surface area contributed by atoms with Crippen molar-refractivity contribution in [3.63, 3.8) is 0 Å². The largest absolute Gasteiger partial charge is 0.495 e. The summed E-state index contributed by atoms with van der Waals surface area (Å²) in [7, 11) is 1.54. The van der Waals surface area contributed by atoms with Gasteiger partial charge in [-0.05, 0) is 25.1 Å². The van der Waals surface area contributed by atoms with Crippen LogP contribution in [0.1, 0.15) is 27.2 Å². The van der Waals surface area contributed by atoms with E-state index in [1.54, 1.807) is 25.3 Å². The maximum atomic E-state index is 12.6. The van der Waals surface area contributed by atoms with Crippen molar-refractivity contribution in [2.75, 3.05) is 19.0 Å². The number of nitrogens with one attached hydrogen (secondary N) is 1. The van der Waals surface area contributed by atoms with Gasteiger partial charge in [0, 0.05) is 24.1 Å². The lowest BCUT2D eigenvalue weighted by Crippen LogP contribution is -2.74. The molecule has 0 spiro atoms. The summed E-state index contributed by atoms with van der Waals surface area (Å²) in [6, 6.07) is 5.08. The van der Waals surface area contributed by atoms with Gasteiger partial charge in [-0.25, -0.2) is 0 Å². The Labute approximate surface area is 148 Å². The van der Waals surface area contributed by atoms with Gasteiger partial charge in [0.25, 0.3) is 0 Å². The molecule has 1 aromatic carbocycles. The maximum Gasteiger partial charge on any atom is 0.245 e. The Kier molecular flexibility index (Phi) is 6.32. The first-order valence-corrected chi connectivity index (χ1v) is 7.69. The summed E-state index contributed by atoms with van der Waals surface area (Å²) in [6.07, 6.45) is 0.497. The molecule has 0 radical (unpaired) electrons. The van der Waals surface area contributed by atoms with Gasteiger partial charge in [-0.15, -0.1) is 12.4 Å². The third-order valence-corrected chi connectivity index (χ3v) is 4.94. The number of hydrogen-bond acceptors (Lipinski definition) is 4. The molecule has 0 bridgehead atoms. The molecule has 1 amide bonds. The normalized spacial score (nSPS) is 25.0. The van der Waals surface area contributed by atoms with Gasteiger partial charge in [0.05, 0.1) is 18.2 Å². The Morgan fingerprint density at radius 3 is 2.61 bits per heavy atom. The molecular formula is C16H24Cl2N2O3. The van der Waals surface area contributed by atoms with E-state index in [0.717, 1.165) is 0 Å². The highest BCUT2D eigenvalue weighted by molar-refractivity contribution is 6.32. The van der Waals surface area contributed by atoms with Crippen molar-refractivity contribution >= 4 is 35.6 Å². The minimum Gasteiger partial charge on any atom is -0.495 e. The molecule has 1 saturated carbocycles. The van der Waals surface area contributed by atoms with Crippen LogP contribution in [0, 0.1) is 5.41 Å². The molecule has 1 aromatic rings. The number of methoxy groups -OCH3 is 1. The van der Waals surface area contributed by atoms with Gasteiger partial charge >= 0.3 is 0 Å². The van der Waals surface area contributed by atoms with Crippen LogP contribution < -0.4 is 15.8 Å². The molecule has 2 rings (SSSR count). The highest BCUT2D eigenvalue weighted by Crippen LogP contribution is 2.50. The van der Waals surface area contributed by atoms with Gasteiger partial charge < -0.3 is 20.5 Å². The van der Waals surface area contributed by atoms with Crippen LogP contribution in [0.4, 0.5) is 5.69 Å². The number of carbonyl (C=O) groups excluding carboxylic acids is 1. The zero-order valence-electron chi connectivity index (χ0n) is 13.8. The maximum absolute atomic E-state index is 12.6. The first kappa shape index (κ1) is 20.0. The van der Waals surface area contributed by atoms with Crippen molar-refractivity contribution in [3.8, 4) is 5.75 Å². The standard InChI is InChI=1S/C16H23ClN2O3.ClH/c1-5-22-13-9-16(18,15(13,2)3)14(20)19-10-6-7-12(21-4)11(17)8-10;/h6-8,13H,5,9,18H2,1-4H3,(H,19,20);1H. The minimum atomic E-state index is -0.959. The molecule has 1 fully saturated rings. The number of amides is 1. The molecule has 0 aromatic heterocycles. The second-order valence-corrected chi connectivity index (χ2v) is 6.55. The van der Waals surface area contributed by atoms with Crippen LogP contribution in [0.15, 0.2) is 18.2 Å². The Hall–Kier alpha value is -1.01. The molecule has 7 heteroatoms. The van der Waals surface area contributed by atoms with Gasteiger partial charge in [0.1, 0.15) is 11.3 Å². The topological polar surface area (TPSA) is 73.6 Å². The van der Waals surface area contributed by atoms with Crippen LogP contribution in [-0.4, -0.2) is 31.3 Å². The summed E-state index contributed by atoms with van der Waals surface area (Å²) in [6.45, 7) is 6.46. The average Bonchev–Trinajstić information content (AvgIpc) is 2.47. The number of halogens is 2. The third kappa shape index (κ3) is 3.43. The van der Waals surface area contributed by atoms with Gasteiger partial charge in [-0.1, -0.05) is 25.4 Å².